The molecule has 7 rings (SSSR count). The van der Waals surface area contributed by atoms with Gasteiger partial charge in [0.1, 0.15) is 0 Å². The fourth-order valence-electron chi connectivity index (χ4n) is 8.93. The minimum Gasteiger partial charge on any atom is -0.331 e. The topological polar surface area (TPSA) is 6.48 Å². The van der Waals surface area contributed by atoms with Gasteiger partial charge in [-0.1, -0.05) is 156 Å². The molecule has 2 heteroatoms. The van der Waals surface area contributed by atoms with E-state index in [0.29, 0.717) is 0 Å². The van der Waals surface area contributed by atoms with Gasteiger partial charge in [0.05, 0.1) is 11.1 Å². The lowest BCUT2D eigenvalue weighted by Gasteiger charge is -2.44. The molecule has 2 atom stereocenters. The highest BCUT2D eigenvalue weighted by molar-refractivity contribution is 5.82. The van der Waals surface area contributed by atoms with Crippen LogP contribution >= 0.6 is 0 Å². The van der Waals surface area contributed by atoms with Gasteiger partial charge in [-0.2, -0.15) is 0 Å². The Balaban J connectivity index is 1.35. The molecule has 52 heavy (non-hydrogen) atoms. The van der Waals surface area contributed by atoms with Gasteiger partial charge in [0.15, 0.2) is 0 Å². The van der Waals surface area contributed by atoms with Crippen LogP contribution in [-0.2, 0) is 16.5 Å². The Morgan fingerprint density at radius 3 is 1.12 bits per heavy atom. The van der Waals surface area contributed by atoms with Crippen molar-refractivity contribution in [2.24, 2.45) is 0 Å². The van der Waals surface area contributed by atoms with Gasteiger partial charge in [-0.3, -0.25) is 0 Å². The Kier molecular flexibility index (Phi) is 9.86. The van der Waals surface area contributed by atoms with E-state index in [9.17, 15) is 0 Å². The van der Waals surface area contributed by atoms with Crippen LogP contribution < -0.4 is 9.80 Å². The summed E-state index contributed by atoms with van der Waals surface area (Å²) in [6.07, 6.45) is 5.45. The number of rotatable bonds is 13. The summed E-state index contributed by atoms with van der Waals surface area (Å²) in [6, 6.07) is 58.5. The smallest absolute Gasteiger partial charge is 0.0674 e. The molecule has 264 valence electrons. The molecule has 6 aromatic carbocycles. The van der Waals surface area contributed by atoms with Crippen molar-refractivity contribution in [3.05, 3.63) is 180 Å². The fraction of sp³-hybridized carbons (Fsp3) is 0.280. The zero-order valence-electron chi connectivity index (χ0n) is 31.9. The molecule has 0 saturated heterocycles. The molecule has 0 fully saturated rings. The normalized spacial score (nSPS) is 15.2. The van der Waals surface area contributed by atoms with Gasteiger partial charge in [-0.25, -0.2) is 0 Å². The lowest BCUT2D eigenvalue weighted by molar-refractivity contribution is 0.423. The van der Waals surface area contributed by atoms with E-state index in [1.165, 1.54) is 56.1 Å². The molecule has 0 heterocycles. The summed E-state index contributed by atoms with van der Waals surface area (Å²) in [5.41, 5.74) is 12.5. The van der Waals surface area contributed by atoms with Crippen LogP contribution in [0.3, 0.4) is 0 Å². The maximum Gasteiger partial charge on any atom is 0.0674 e. The molecule has 6 aromatic rings. The molecule has 0 amide bonds. The number of hydrogen-bond acceptors (Lipinski definition) is 2. The van der Waals surface area contributed by atoms with Crippen LogP contribution in [0, 0.1) is 0 Å². The number of para-hydroxylation sites is 4. The molecule has 0 saturated carbocycles. The Bertz CT molecular complexity index is 2010. The van der Waals surface area contributed by atoms with Gasteiger partial charge in [-0.15, -0.1) is 0 Å². The number of fused-ring (bicyclic) bond motifs is 3. The molecule has 0 spiro atoms. The first kappa shape index (κ1) is 35.3. The lowest BCUT2D eigenvalue weighted by Crippen LogP contribution is -2.41. The summed E-state index contributed by atoms with van der Waals surface area (Å²) in [7, 11) is 0. The maximum atomic E-state index is 2.58. The second-order valence-electron chi connectivity index (χ2n) is 15.6. The van der Waals surface area contributed by atoms with Crippen molar-refractivity contribution in [1.29, 1.82) is 0 Å². The summed E-state index contributed by atoms with van der Waals surface area (Å²) in [5.74, 6) is 0. The van der Waals surface area contributed by atoms with E-state index in [-0.39, 0.29) is 16.5 Å². The Morgan fingerprint density at radius 1 is 0.442 bits per heavy atom. The quantitative estimate of drug-likeness (QED) is 0.120. The lowest BCUT2D eigenvalue weighted by atomic mass is 9.77. The van der Waals surface area contributed by atoms with Gasteiger partial charge in [0.2, 0.25) is 0 Å². The summed E-state index contributed by atoms with van der Waals surface area (Å²) >= 11 is 0. The summed E-state index contributed by atoms with van der Waals surface area (Å²) < 4.78 is 0. The highest BCUT2D eigenvalue weighted by atomic mass is 15.2. The Hall–Kier alpha value is -5.08. The molecular formula is C50H54N2. The van der Waals surface area contributed by atoms with Crippen molar-refractivity contribution in [3.63, 3.8) is 0 Å². The van der Waals surface area contributed by atoms with Crippen molar-refractivity contribution in [2.75, 3.05) is 9.80 Å². The van der Waals surface area contributed by atoms with Crippen molar-refractivity contribution in [3.8, 4) is 11.1 Å². The third-order valence-corrected chi connectivity index (χ3v) is 11.7. The molecular weight excluding hydrogens is 629 g/mol. The van der Waals surface area contributed by atoms with Crippen molar-refractivity contribution in [1.82, 2.24) is 0 Å². The van der Waals surface area contributed by atoms with Crippen LogP contribution in [0.2, 0.25) is 0 Å². The second kappa shape index (κ2) is 14.5. The fourth-order valence-corrected chi connectivity index (χ4v) is 8.93. The minimum absolute atomic E-state index is 0.163. The molecule has 0 aromatic heterocycles. The molecule has 0 N–H and O–H groups in total. The van der Waals surface area contributed by atoms with Crippen LogP contribution in [0.1, 0.15) is 95.9 Å². The second-order valence-corrected chi connectivity index (χ2v) is 15.6. The monoisotopic (exact) mass is 682 g/mol. The molecule has 0 aliphatic heterocycles. The third kappa shape index (κ3) is 6.23. The molecule has 0 radical (unpaired) electrons. The van der Waals surface area contributed by atoms with E-state index < -0.39 is 0 Å². The summed E-state index contributed by atoms with van der Waals surface area (Å²) in [4.78, 5) is 5.14. The summed E-state index contributed by atoms with van der Waals surface area (Å²) in [6.45, 7) is 14.4. The largest absolute Gasteiger partial charge is 0.331 e. The minimum atomic E-state index is -0.257. The average molecular weight is 683 g/mol. The van der Waals surface area contributed by atoms with Gasteiger partial charge in [0, 0.05) is 28.2 Å². The standard InChI is InChI=1S/C50H54N2/c1-7-9-35-50(6,52(42-26-18-12-19-27-42)43-28-20-13-21-29-43)39-31-33-45-44-32-30-38(36-46(44)48(3,4)47(45)37-39)49(5,34-8-2)51(40-22-14-10-15-23-40)41-24-16-11-17-25-41/h10-33,36-37H,7-9,34-35H2,1-6H3. The van der Waals surface area contributed by atoms with Crippen LogP contribution in [0.15, 0.2) is 158 Å². The van der Waals surface area contributed by atoms with E-state index in [0.717, 1.165) is 32.1 Å². The first-order valence-electron chi connectivity index (χ1n) is 19.3. The first-order chi connectivity index (χ1) is 25.2. The van der Waals surface area contributed by atoms with E-state index in [4.69, 9.17) is 0 Å². The van der Waals surface area contributed by atoms with E-state index in [2.05, 4.69) is 209 Å². The van der Waals surface area contributed by atoms with E-state index >= 15 is 0 Å². The Labute approximate surface area is 312 Å². The number of nitrogens with zero attached hydrogens (tertiary/aromatic N) is 2. The van der Waals surface area contributed by atoms with Crippen LogP contribution in [-0.4, -0.2) is 0 Å². The van der Waals surface area contributed by atoms with E-state index in [1.807, 2.05) is 0 Å². The van der Waals surface area contributed by atoms with Gasteiger partial charge >= 0.3 is 0 Å². The molecule has 1 aliphatic rings. The Morgan fingerprint density at radius 2 is 0.788 bits per heavy atom. The van der Waals surface area contributed by atoms with Gasteiger partial charge < -0.3 is 9.80 Å². The van der Waals surface area contributed by atoms with Crippen LogP contribution in [0.5, 0.6) is 0 Å². The van der Waals surface area contributed by atoms with Crippen LogP contribution in [0.25, 0.3) is 11.1 Å². The number of unbranched alkanes of at least 4 members (excludes halogenated alkanes) is 1. The number of benzene rings is 6. The zero-order valence-corrected chi connectivity index (χ0v) is 31.9. The highest BCUT2D eigenvalue weighted by Gasteiger charge is 2.42. The average Bonchev–Trinajstić information content (AvgIpc) is 3.41. The number of anilines is 4. The molecule has 2 nitrogen and oxygen atoms in total. The predicted octanol–water partition coefficient (Wildman–Crippen LogP) is 14.1. The third-order valence-electron chi connectivity index (χ3n) is 11.7. The van der Waals surface area contributed by atoms with Crippen molar-refractivity contribution in [2.45, 2.75) is 90.1 Å². The molecule has 2 unspecified atom stereocenters. The first-order valence-corrected chi connectivity index (χ1v) is 19.3. The van der Waals surface area contributed by atoms with Crippen molar-refractivity contribution < 1.29 is 0 Å². The molecule has 1 aliphatic carbocycles. The predicted molar refractivity (Wildman–Crippen MR) is 223 cm³/mol. The number of hydrogen-bond donors (Lipinski definition) is 0. The van der Waals surface area contributed by atoms with Gasteiger partial charge in [0.25, 0.3) is 0 Å². The van der Waals surface area contributed by atoms with E-state index in [1.54, 1.807) is 0 Å². The van der Waals surface area contributed by atoms with Gasteiger partial charge in [-0.05, 0) is 109 Å². The van der Waals surface area contributed by atoms with Crippen molar-refractivity contribution >= 4 is 22.7 Å². The maximum absolute atomic E-state index is 2.58. The summed E-state index contributed by atoms with van der Waals surface area (Å²) in [5, 5.41) is 0. The van der Waals surface area contributed by atoms with Crippen LogP contribution in [0.4, 0.5) is 22.7 Å². The zero-order chi connectivity index (χ0) is 36.3. The SMILES string of the molecule is CCCCC(C)(c1ccc2c(c1)C(C)(C)c1cc(C(C)(CCC)N(c3ccccc3)c3ccccc3)ccc1-2)N(c1ccccc1)c1ccccc1. The highest BCUT2D eigenvalue weighted by Crippen LogP contribution is 2.53. The molecule has 0 bridgehead atoms.